The van der Waals surface area contributed by atoms with Crippen LogP contribution >= 0.6 is 12.2 Å². The van der Waals surface area contributed by atoms with Gasteiger partial charge in [-0.1, -0.05) is 12.1 Å². The van der Waals surface area contributed by atoms with Crippen LogP contribution in [-0.4, -0.2) is 28.8 Å². The molecule has 0 amide bonds. The summed E-state index contributed by atoms with van der Waals surface area (Å²) in [6, 6.07) is 6.58. The molecular formula is C13H14N2O3S. The average molecular weight is 278 g/mol. The summed E-state index contributed by atoms with van der Waals surface area (Å²) in [4.78, 5) is 12.0. The molecule has 2 heterocycles. The molecule has 0 spiro atoms. The molecule has 3 N–H and O–H groups in total. The van der Waals surface area contributed by atoms with Crippen LogP contribution in [0.15, 0.2) is 24.3 Å². The summed E-state index contributed by atoms with van der Waals surface area (Å²) in [6.45, 7) is 0.419. The zero-order valence-electron chi connectivity index (χ0n) is 10.1. The lowest BCUT2D eigenvalue weighted by Gasteiger charge is -2.41. The topological polar surface area (TPSA) is 70.6 Å². The normalized spacial score (nSPS) is 29.8. The number of carbonyl (C=O) groups excluding carboxylic acids is 1. The summed E-state index contributed by atoms with van der Waals surface area (Å²) in [6.07, 6.45) is 0.744. The molecule has 3 atom stereocenters. The number of phenolic OH excluding ortho intramolecular Hbond substituents is 1. The fourth-order valence-corrected chi connectivity index (χ4v) is 2.99. The van der Waals surface area contributed by atoms with Gasteiger partial charge in [0, 0.05) is 12.5 Å². The number of hydrogen-bond donors (Lipinski definition) is 3. The van der Waals surface area contributed by atoms with E-state index in [2.05, 4.69) is 10.6 Å². The highest BCUT2D eigenvalue weighted by molar-refractivity contribution is 7.80. The van der Waals surface area contributed by atoms with Crippen LogP contribution in [0.3, 0.4) is 0 Å². The fourth-order valence-electron chi connectivity index (χ4n) is 2.71. The standard InChI is InChI=1S/C13H14N2O3S/c16-8-3-1-2-7(6-8)11-10-9(14-13(19)15-11)4-5-18-12(10)17/h1-3,6,9-11,16H,4-5H2,(H2,14,15,19). The number of thiocarbonyl (C=S) groups is 1. The van der Waals surface area contributed by atoms with Gasteiger partial charge in [0.1, 0.15) is 11.7 Å². The molecule has 0 aromatic heterocycles. The van der Waals surface area contributed by atoms with E-state index in [1.807, 2.05) is 6.07 Å². The minimum Gasteiger partial charge on any atom is -0.508 e. The Hall–Kier alpha value is -1.82. The molecule has 0 saturated carbocycles. The Morgan fingerprint density at radius 1 is 1.37 bits per heavy atom. The van der Waals surface area contributed by atoms with Crippen molar-refractivity contribution in [2.45, 2.75) is 18.5 Å². The zero-order chi connectivity index (χ0) is 13.4. The molecule has 100 valence electrons. The Kier molecular flexibility index (Phi) is 3.02. The third-order valence-corrected chi connectivity index (χ3v) is 3.81. The van der Waals surface area contributed by atoms with E-state index in [1.54, 1.807) is 18.2 Å². The molecule has 6 heteroatoms. The highest BCUT2D eigenvalue weighted by Gasteiger charge is 2.44. The number of phenols is 1. The van der Waals surface area contributed by atoms with Crippen LogP contribution in [0.2, 0.25) is 0 Å². The molecule has 2 aliphatic heterocycles. The molecule has 2 aliphatic rings. The second-order valence-corrected chi connectivity index (χ2v) is 5.19. The van der Waals surface area contributed by atoms with Crippen LogP contribution < -0.4 is 10.6 Å². The zero-order valence-corrected chi connectivity index (χ0v) is 10.9. The maximum absolute atomic E-state index is 12.0. The van der Waals surface area contributed by atoms with E-state index in [-0.39, 0.29) is 29.7 Å². The summed E-state index contributed by atoms with van der Waals surface area (Å²) in [5.74, 6) is -0.390. The molecule has 1 aromatic carbocycles. The number of rotatable bonds is 1. The Morgan fingerprint density at radius 3 is 3.00 bits per heavy atom. The predicted molar refractivity (Wildman–Crippen MR) is 72.6 cm³/mol. The Bertz CT molecular complexity index is 534. The van der Waals surface area contributed by atoms with Crippen LogP contribution in [0.4, 0.5) is 0 Å². The van der Waals surface area contributed by atoms with Crippen LogP contribution in [0, 0.1) is 5.92 Å². The van der Waals surface area contributed by atoms with Crippen LogP contribution in [-0.2, 0) is 9.53 Å². The lowest BCUT2D eigenvalue weighted by molar-refractivity contribution is -0.156. The van der Waals surface area contributed by atoms with Crippen molar-refractivity contribution in [3.8, 4) is 5.75 Å². The lowest BCUT2D eigenvalue weighted by Crippen LogP contribution is -2.60. The molecular weight excluding hydrogens is 264 g/mol. The molecule has 19 heavy (non-hydrogen) atoms. The number of ether oxygens (including phenoxy) is 1. The molecule has 3 unspecified atom stereocenters. The number of fused-ring (bicyclic) bond motifs is 1. The van der Waals surface area contributed by atoms with Gasteiger partial charge in [0.25, 0.3) is 0 Å². The summed E-state index contributed by atoms with van der Waals surface area (Å²) < 4.78 is 5.14. The molecule has 3 rings (SSSR count). The quantitative estimate of drug-likeness (QED) is 0.522. The van der Waals surface area contributed by atoms with Gasteiger partial charge in [-0.3, -0.25) is 4.79 Å². The van der Waals surface area contributed by atoms with Gasteiger partial charge in [0.15, 0.2) is 5.11 Å². The molecule has 1 aromatic rings. The van der Waals surface area contributed by atoms with Crippen molar-refractivity contribution in [2.24, 2.45) is 5.92 Å². The average Bonchev–Trinajstić information content (AvgIpc) is 2.37. The van der Waals surface area contributed by atoms with Gasteiger partial charge in [-0.2, -0.15) is 0 Å². The first kappa shape index (κ1) is 12.2. The van der Waals surface area contributed by atoms with Crippen molar-refractivity contribution in [1.82, 2.24) is 10.6 Å². The van der Waals surface area contributed by atoms with Gasteiger partial charge in [0.2, 0.25) is 0 Å². The van der Waals surface area contributed by atoms with E-state index in [0.29, 0.717) is 11.7 Å². The van der Waals surface area contributed by atoms with E-state index in [0.717, 1.165) is 12.0 Å². The Balaban J connectivity index is 1.97. The van der Waals surface area contributed by atoms with Crippen molar-refractivity contribution < 1.29 is 14.6 Å². The van der Waals surface area contributed by atoms with Gasteiger partial charge in [-0.25, -0.2) is 0 Å². The van der Waals surface area contributed by atoms with Crippen molar-refractivity contribution >= 4 is 23.3 Å². The van der Waals surface area contributed by atoms with Gasteiger partial charge in [0.05, 0.1) is 12.6 Å². The molecule has 0 bridgehead atoms. The minimum atomic E-state index is -0.331. The van der Waals surface area contributed by atoms with Crippen LogP contribution in [0.5, 0.6) is 5.75 Å². The van der Waals surface area contributed by atoms with Gasteiger partial charge < -0.3 is 20.5 Å². The molecule has 2 fully saturated rings. The summed E-state index contributed by atoms with van der Waals surface area (Å²) in [7, 11) is 0. The smallest absolute Gasteiger partial charge is 0.313 e. The highest BCUT2D eigenvalue weighted by Crippen LogP contribution is 2.33. The van der Waals surface area contributed by atoms with E-state index in [4.69, 9.17) is 17.0 Å². The highest BCUT2D eigenvalue weighted by atomic mass is 32.1. The predicted octanol–water partition coefficient (Wildman–Crippen LogP) is 0.843. The summed E-state index contributed by atoms with van der Waals surface area (Å²) in [5.41, 5.74) is 0.831. The third kappa shape index (κ3) is 2.23. The van der Waals surface area contributed by atoms with E-state index >= 15 is 0 Å². The van der Waals surface area contributed by atoms with Crippen molar-refractivity contribution in [3.63, 3.8) is 0 Å². The van der Waals surface area contributed by atoms with Crippen molar-refractivity contribution in [2.75, 3.05) is 6.61 Å². The number of benzene rings is 1. The number of aromatic hydroxyl groups is 1. The summed E-state index contributed by atoms with van der Waals surface area (Å²) >= 11 is 5.19. The fraction of sp³-hybridized carbons (Fsp3) is 0.385. The largest absolute Gasteiger partial charge is 0.508 e. The molecule has 5 nitrogen and oxygen atoms in total. The van der Waals surface area contributed by atoms with E-state index in [1.165, 1.54) is 0 Å². The first-order valence-electron chi connectivity index (χ1n) is 6.18. The maximum Gasteiger partial charge on any atom is 0.313 e. The van der Waals surface area contributed by atoms with Crippen LogP contribution in [0.1, 0.15) is 18.0 Å². The number of cyclic esters (lactones) is 1. The third-order valence-electron chi connectivity index (χ3n) is 3.57. The maximum atomic E-state index is 12.0. The molecule has 0 aliphatic carbocycles. The number of esters is 1. The Labute approximate surface area is 116 Å². The van der Waals surface area contributed by atoms with Crippen LogP contribution in [0.25, 0.3) is 0 Å². The van der Waals surface area contributed by atoms with E-state index in [9.17, 15) is 9.90 Å². The number of hydrogen-bond acceptors (Lipinski definition) is 4. The van der Waals surface area contributed by atoms with Crippen molar-refractivity contribution in [3.05, 3.63) is 29.8 Å². The van der Waals surface area contributed by atoms with E-state index < -0.39 is 0 Å². The summed E-state index contributed by atoms with van der Waals surface area (Å²) in [5, 5.41) is 16.3. The molecule has 0 radical (unpaired) electrons. The monoisotopic (exact) mass is 278 g/mol. The van der Waals surface area contributed by atoms with Gasteiger partial charge >= 0.3 is 5.97 Å². The van der Waals surface area contributed by atoms with Gasteiger partial charge in [-0.15, -0.1) is 0 Å². The second-order valence-electron chi connectivity index (χ2n) is 4.78. The number of nitrogens with one attached hydrogen (secondary N) is 2. The first-order chi connectivity index (χ1) is 9.15. The molecule has 2 saturated heterocycles. The Morgan fingerprint density at radius 2 is 2.21 bits per heavy atom. The SMILES string of the molecule is O=C1OCCC2NC(=S)NC(c3cccc(O)c3)C12. The lowest BCUT2D eigenvalue weighted by atomic mass is 9.83. The first-order valence-corrected chi connectivity index (χ1v) is 6.58. The van der Waals surface area contributed by atoms with Crippen molar-refractivity contribution in [1.29, 1.82) is 0 Å². The second kappa shape index (κ2) is 4.70. The minimum absolute atomic E-state index is 0.0117. The van der Waals surface area contributed by atoms with Gasteiger partial charge in [-0.05, 0) is 29.9 Å². The number of carbonyl (C=O) groups is 1.